The summed E-state index contributed by atoms with van der Waals surface area (Å²) < 4.78 is 1.95. The minimum Gasteiger partial charge on any atom is -0.337 e. The van der Waals surface area contributed by atoms with Gasteiger partial charge in [-0.2, -0.15) is 0 Å². The van der Waals surface area contributed by atoms with Gasteiger partial charge in [0, 0.05) is 13.1 Å². The molecule has 0 radical (unpaired) electrons. The van der Waals surface area contributed by atoms with Crippen LogP contribution in [0.25, 0.3) is 0 Å². The highest BCUT2D eigenvalue weighted by molar-refractivity contribution is 5.93. The van der Waals surface area contributed by atoms with Crippen LogP contribution < -0.4 is 5.32 Å². The van der Waals surface area contributed by atoms with Gasteiger partial charge < -0.3 is 10.2 Å². The van der Waals surface area contributed by atoms with Crippen LogP contribution in [0.1, 0.15) is 47.9 Å². The molecule has 22 heavy (non-hydrogen) atoms. The van der Waals surface area contributed by atoms with Gasteiger partial charge in [0.25, 0.3) is 5.91 Å². The van der Waals surface area contributed by atoms with E-state index in [1.807, 2.05) is 22.6 Å². The van der Waals surface area contributed by atoms with Gasteiger partial charge in [0.05, 0.1) is 11.7 Å². The fourth-order valence-corrected chi connectivity index (χ4v) is 3.42. The molecule has 3 heterocycles. The molecule has 0 atom stereocenters. The van der Waals surface area contributed by atoms with E-state index in [1.54, 1.807) is 0 Å². The van der Waals surface area contributed by atoms with Crippen molar-refractivity contribution in [2.75, 3.05) is 26.2 Å². The van der Waals surface area contributed by atoms with E-state index in [0.717, 1.165) is 57.6 Å². The third-order valence-corrected chi connectivity index (χ3v) is 4.94. The van der Waals surface area contributed by atoms with Crippen LogP contribution in [0, 0.1) is 12.8 Å². The second kappa shape index (κ2) is 6.60. The molecular formula is C16H25N5O. The van der Waals surface area contributed by atoms with Gasteiger partial charge in [0.15, 0.2) is 5.69 Å². The van der Waals surface area contributed by atoms with E-state index in [1.165, 1.54) is 0 Å². The summed E-state index contributed by atoms with van der Waals surface area (Å²) in [7, 11) is 0. The van der Waals surface area contributed by atoms with E-state index in [-0.39, 0.29) is 5.91 Å². The quantitative estimate of drug-likeness (QED) is 0.861. The van der Waals surface area contributed by atoms with Crippen molar-refractivity contribution in [3.05, 3.63) is 24.0 Å². The van der Waals surface area contributed by atoms with Crippen molar-refractivity contribution in [2.24, 2.45) is 5.92 Å². The highest BCUT2D eigenvalue weighted by Gasteiger charge is 2.28. The highest BCUT2D eigenvalue weighted by atomic mass is 16.2. The number of nitrogens with one attached hydrogen (secondary N) is 1. The molecule has 1 aromatic rings. The Labute approximate surface area is 131 Å². The van der Waals surface area contributed by atoms with Gasteiger partial charge in [-0.3, -0.25) is 4.79 Å². The molecule has 2 aliphatic heterocycles. The average Bonchev–Trinajstić information content (AvgIpc) is 2.96. The van der Waals surface area contributed by atoms with Crippen molar-refractivity contribution in [1.29, 1.82) is 0 Å². The molecule has 2 aliphatic rings. The zero-order valence-electron chi connectivity index (χ0n) is 13.3. The van der Waals surface area contributed by atoms with Gasteiger partial charge in [-0.1, -0.05) is 11.3 Å². The minimum atomic E-state index is 0.0280. The van der Waals surface area contributed by atoms with Crippen molar-refractivity contribution < 1.29 is 4.79 Å². The Kier molecular flexibility index (Phi) is 4.57. The lowest BCUT2D eigenvalue weighted by molar-refractivity contribution is 0.0698. The van der Waals surface area contributed by atoms with Crippen molar-refractivity contribution in [1.82, 2.24) is 25.2 Å². The Bertz CT molecular complexity index is 539. The molecule has 0 aromatic carbocycles. The molecule has 120 valence electrons. The molecule has 1 N–H and O–H groups in total. The van der Waals surface area contributed by atoms with Crippen LogP contribution in [-0.2, 0) is 0 Å². The average molecular weight is 303 g/mol. The first kappa shape index (κ1) is 15.2. The summed E-state index contributed by atoms with van der Waals surface area (Å²) in [6, 6.07) is 0.363. The van der Waals surface area contributed by atoms with Gasteiger partial charge in [-0.25, -0.2) is 4.68 Å². The maximum Gasteiger partial charge on any atom is 0.276 e. The number of likely N-dealkylation sites (tertiary alicyclic amines) is 1. The molecule has 2 saturated heterocycles. The number of nitrogens with zero attached hydrogens (tertiary/aromatic N) is 4. The molecule has 3 rings (SSSR count). The lowest BCUT2D eigenvalue weighted by Gasteiger charge is -2.30. The predicted octanol–water partition coefficient (Wildman–Crippen LogP) is 1.55. The van der Waals surface area contributed by atoms with E-state index in [2.05, 4.69) is 22.2 Å². The summed E-state index contributed by atoms with van der Waals surface area (Å²) in [6.07, 6.45) is 6.08. The van der Waals surface area contributed by atoms with Crippen LogP contribution in [0.4, 0.5) is 0 Å². The van der Waals surface area contributed by atoms with Gasteiger partial charge in [-0.15, -0.1) is 11.7 Å². The van der Waals surface area contributed by atoms with Crippen LogP contribution in [0.2, 0.25) is 0 Å². The predicted molar refractivity (Wildman–Crippen MR) is 84.7 cm³/mol. The molecule has 0 unspecified atom stereocenters. The molecule has 0 spiro atoms. The summed E-state index contributed by atoms with van der Waals surface area (Å²) in [5, 5.41) is 11.8. The lowest BCUT2D eigenvalue weighted by atomic mass is 9.97. The van der Waals surface area contributed by atoms with Crippen LogP contribution >= 0.6 is 0 Å². The summed E-state index contributed by atoms with van der Waals surface area (Å²) in [5.41, 5.74) is 1.43. The monoisotopic (exact) mass is 303 g/mol. The zero-order chi connectivity index (χ0) is 15.5. The van der Waals surface area contributed by atoms with Crippen LogP contribution in [0.5, 0.6) is 0 Å². The van der Waals surface area contributed by atoms with E-state index in [9.17, 15) is 4.79 Å². The molecular weight excluding hydrogens is 278 g/mol. The van der Waals surface area contributed by atoms with Crippen LogP contribution in [-0.4, -0.2) is 52.0 Å². The molecule has 6 heteroatoms. The first-order chi connectivity index (χ1) is 10.7. The Morgan fingerprint density at radius 2 is 1.95 bits per heavy atom. The zero-order valence-corrected chi connectivity index (χ0v) is 13.3. The number of rotatable bonds is 3. The minimum absolute atomic E-state index is 0.0280. The number of carbonyl (C=O) groups is 1. The molecule has 0 aliphatic carbocycles. The first-order valence-electron chi connectivity index (χ1n) is 8.25. The molecule has 2 fully saturated rings. The maximum atomic E-state index is 12.7. The topological polar surface area (TPSA) is 63.1 Å². The largest absolute Gasteiger partial charge is 0.337 e. The molecule has 6 nitrogen and oxygen atoms in total. The van der Waals surface area contributed by atoms with Crippen LogP contribution in [0.15, 0.2) is 12.7 Å². The molecule has 1 amide bonds. The summed E-state index contributed by atoms with van der Waals surface area (Å²) in [4.78, 5) is 14.6. The van der Waals surface area contributed by atoms with Gasteiger partial charge in [-0.05, 0) is 51.6 Å². The number of amides is 1. The number of carbonyl (C=O) groups excluding carboxylic acids is 1. The lowest BCUT2D eigenvalue weighted by Crippen LogP contribution is -2.38. The maximum absolute atomic E-state index is 12.7. The van der Waals surface area contributed by atoms with Gasteiger partial charge >= 0.3 is 0 Å². The number of hydrogen-bond acceptors (Lipinski definition) is 4. The fraction of sp³-hybridized carbons (Fsp3) is 0.688. The first-order valence-corrected chi connectivity index (χ1v) is 8.25. The van der Waals surface area contributed by atoms with E-state index in [4.69, 9.17) is 0 Å². The summed E-state index contributed by atoms with van der Waals surface area (Å²) in [5.74, 6) is 0.566. The summed E-state index contributed by atoms with van der Waals surface area (Å²) in [6.45, 7) is 9.39. The van der Waals surface area contributed by atoms with Gasteiger partial charge in [0.2, 0.25) is 0 Å². The molecule has 0 saturated carbocycles. The molecule has 1 aromatic heterocycles. The van der Waals surface area contributed by atoms with Crippen molar-refractivity contribution in [3.8, 4) is 0 Å². The third-order valence-electron chi connectivity index (χ3n) is 4.94. The van der Waals surface area contributed by atoms with Crippen molar-refractivity contribution in [3.63, 3.8) is 0 Å². The number of hydrogen-bond donors (Lipinski definition) is 1. The number of aromatic nitrogens is 3. The Hall–Kier alpha value is -1.69. The molecule has 0 bridgehead atoms. The van der Waals surface area contributed by atoms with Crippen molar-refractivity contribution in [2.45, 2.75) is 38.6 Å². The van der Waals surface area contributed by atoms with E-state index in [0.29, 0.717) is 17.7 Å². The fourth-order valence-electron chi connectivity index (χ4n) is 3.42. The summed E-state index contributed by atoms with van der Waals surface area (Å²) >= 11 is 0. The van der Waals surface area contributed by atoms with Crippen LogP contribution in [0.3, 0.4) is 0 Å². The SMILES string of the molecule is C=CC1CCN(C(=O)c2nnn(C3CCNCC3)c2C)CC1. The highest BCUT2D eigenvalue weighted by Crippen LogP contribution is 2.23. The smallest absolute Gasteiger partial charge is 0.276 e. The third kappa shape index (κ3) is 2.92. The standard InChI is InChI=1S/C16H25N5O/c1-3-13-6-10-20(11-7-13)16(22)15-12(2)21(19-18-15)14-4-8-17-9-5-14/h3,13-14,17H,1,4-11H2,2H3. The van der Waals surface area contributed by atoms with Gasteiger partial charge in [0.1, 0.15) is 0 Å². The van der Waals surface area contributed by atoms with E-state index < -0.39 is 0 Å². The number of piperidine rings is 2. The second-order valence-electron chi connectivity index (χ2n) is 6.31. The Morgan fingerprint density at radius 1 is 1.27 bits per heavy atom. The van der Waals surface area contributed by atoms with E-state index >= 15 is 0 Å². The second-order valence-corrected chi connectivity index (χ2v) is 6.31. The number of allylic oxidation sites excluding steroid dienone is 1. The van der Waals surface area contributed by atoms with Crippen molar-refractivity contribution >= 4 is 5.91 Å². The Morgan fingerprint density at radius 3 is 2.59 bits per heavy atom. The Balaban J connectivity index is 1.70. The normalized spacial score (nSPS) is 21.0.